The Labute approximate surface area is 163 Å². The number of nitrogens with zero attached hydrogens (tertiary/aromatic N) is 4. The molecule has 0 atom stereocenters. The van der Waals surface area contributed by atoms with Crippen LogP contribution in [0, 0.1) is 0 Å². The summed E-state index contributed by atoms with van der Waals surface area (Å²) < 4.78 is 12.2. The number of aromatic nitrogens is 4. The smallest absolute Gasteiger partial charge is 0.332 e. The molecular formula is C18H18N4O5S. The van der Waals surface area contributed by atoms with Crippen molar-refractivity contribution in [1.82, 2.24) is 19.1 Å². The Morgan fingerprint density at radius 3 is 2.57 bits per heavy atom. The van der Waals surface area contributed by atoms with Gasteiger partial charge in [0.1, 0.15) is 16.2 Å². The predicted octanol–water partition coefficient (Wildman–Crippen LogP) is 0.968. The summed E-state index contributed by atoms with van der Waals surface area (Å²) in [5, 5.41) is 0.467. The molecule has 0 N–H and O–H groups in total. The van der Waals surface area contributed by atoms with Gasteiger partial charge >= 0.3 is 11.7 Å². The lowest BCUT2D eigenvalue weighted by Gasteiger charge is -2.12. The lowest BCUT2D eigenvalue weighted by molar-refractivity contribution is -0.137. The number of carbonyl (C=O) groups excluding carboxylic acids is 1. The molecule has 28 heavy (non-hydrogen) atoms. The van der Waals surface area contributed by atoms with Crippen molar-refractivity contribution >= 4 is 28.8 Å². The van der Waals surface area contributed by atoms with Crippen molar-refractivity contribution in [3.63, 3.8) is 0 Å². The maximum absolute atomic E-state index is 12.7. The SMILES string of the molecule is COC(=O)CSc1nc(-c2cccc(OC)c2)nc2c1c(=O)n(C)c(=O)n2C. The highest BCUT2D eigenvalue weighted by molar-refractivity contribution is 8.00. The minimum absolute atomic E-state index is 0.0356. The zero-order valence-electron chi connectivity index (χ0n) is 15.8. The molecule has 9 nitrogen and oxygen atoms in total. The number of aryl methyl sites for hydroxylation is 1. The highest BCUT2D eigenvalue weighted by Crippen LogP contribution is 2.27. The molecule has 0 bridgehead atoms. The average molecular weight is 402 g/mol. The third kappa shape index (κ3) is 3.50. The molecule has 3 rings (SSSR count). The summed E-state index contributed by atoms with van der Waals surface area (Å²) in [6.07, 6.45) is 0. The first-order valence-corrected chi connectivity index (χ1v) is 9.17. The molecule has 0 aliphatic rings. The van der Waals surface area contributed by atoms with Gasteiger partial charge in [-0.1, -0.05) is 23.9 Å². The van der Waals surface area contributed by atoms with E-state index in [0.29, 0.717) is 22.2 Å². The molecule has 0 saturated heterocycles. The van der Waals surface area contributed by atoms with Crippen LogP contribution in [0.25, 0.3) is 22.4 Å². The molecule has 146 valence electrons. The number of methoxy groups -OCH3 is 2. The van der Waals surface area contributed by atoms with Crippen molar-refractivity contribution in [2.24, 2.45) is 14.1 Å². The summed E-state index contributed by atoms with van der Waals surface area (Å²) in [5.41, 5.74) is -0.193. The first kappa shape index (κ1) is 19.6. The summed E-state index contributed by atoms with van der Waals surface area (Å²) in [7, 11) is 5.74. The molecule has 0 amide bonds. The molecule has 0 aliphatic heterocycles. The van der Waals surface area contributed by atoms with Gasteiger partial charge in [-0.05, 0) is 12.1 Å². The lowest BCUT2D eigenvalue weighted by atomic mass is 10.2. The van der Waals surface area contributed by atoms with Gasteiger partial charge in [-0.2, -0.15) is 0 Å². The van der Waals surface area contributed by atoms with E-state index < -0.39 is 17.2 Å². The van der Waals surface area contributed by atoms with Crippen LogP contribution in [0.2, 0.25) is 0 Å². The van der Waals surface area contributed by atoms with Gasteiger partial charge in [0.2, 0.25) is 0 Å². The van der Waals surface area contributed by atoms with Crippen molar-refractivity contribution < 1.29 is 14.3 Å². The molecule has 1 aromatic carbocycles. The van der Waals surface area contributed by atoms with Gasteiger partial charge in [0.15, 0.2) is 11.5 Å². The molecule has 0 spiro atoms. The first-order chi connectivity index (χ1) is 13.4. The number of benzene rings is 1. The molecule has 0 unspecified atom stereocenters. The molecule has 0 saturated carbocycles. The van der Waals surface area contributed by atoms with Crippen molar-refractivity contribution in [1.29, 1.82) is 0 Å². The highest BCUT2D eigenvalue weighted by atomic mass is 32.2. The molecular weight excluding hydrogens is 384 g/mol. The maximum Gasteiger partial charge on any atom is 0.332 e. The van der Waals surface area contributed by atoms with E-state index in [1.54, 1.807) is 31.4 Å². The molecule has 0 aliphatic carbocycles. The number of rotatable bonds is 5. The van der Waals surface area contributed by atoms with E-state index in [9.17, 15) is 14.4 Å². The topological polar surface area (TPSA) is 105 Å². The Balaban J connectivity index is 2.31. The largest absolute Gasteiger partial charge is 0.497 e. The van der Waals surface area contributed by atoms with E-state index in [4.69, 9.17) is 4.74 Å². The monoisotopic (exact) mass is 402 g/mol. The van der Waals surface area contributed by atoms with Crippen LogP contribution < -0.4 is 16.0 Å². The number of esters is 1. The lowest BCUT2D eigenvalue weighted by Crippen LogP contribution is -2.37. The van der Waals surface area contributed by atoms with E-state index in [-0.39, 0.29) is 16.8 Å². The molecule has 3 aromatic rings. The number of thioether (sulfide) groups is 1. The van der Waals surface area contributed by atoms with E-state index in [2.05, 4.69) is 14.7 Å². The van der Waals surface area contributed by atoms with Crippen molar-refractivity contribution in [3.8, 4) is 17.1 Å². The van der Waals surface area contributed by atoms with Crippen LogP contribution >= 0.6 is 11.8 Å². The van der Waals surface area contributed by atoms with Gasteiger partial charge in [0.25, 0.3) is 5.56 Å². The number of fused-ring (bicyclic) bond motifs is 1. The zero-order chi connectivity index (χ0) is 20.4. The van der Waals surface area contributed by atoms with Gasteiger partial charge in [0, 0.05) is 19.7 Å². The molecule has 2 heterocycles. The van der Waals surface area contributed by atoms with Crippen LogP contribution in [0.3, 0.4) is 0 Å². The van der Waals surface area contributed by atoms with Crippen LogP contribution in [0.1, 0.15) is 0 Å². The third-order valence-corrected chi connectivity index (χ3v) is 5.10. The van der Waals surface area contributed by atoms with Gasteiger partial charge in [-0.25, -0.2) is 14.8 Å². The molecule has 0 fully saturated rings. The highest BCUT2D eigenvalue weighted by Gasteiger charge is 2.19. The Bertz CT molecular complexity index is 1190. The van der Waals surface area contributed by atoms with Crippen LogP contribution in [0.4, 0.5) is 0 Å². The maximum atomic E-state index is 12.7. The Kier molecular flexibility index (Phi) is 5.50. The Hall–Kier alpha value is -3.14. The summed E-state index contributed by atoms with van der Waals surface area (Å²) >= 11 is 1.05. The first-order valence-electron chi connectivity index (χ1n) is 8.19. The van der Waals surface area contributed by atoms with E-state index in [1.807, 2.05) is 0 Å². The number of hydrogen-bond donors (Lipinski definition) is 0. The van der Waals surface area contributed by atoms with Crippen molar-refractivity contribution in [3.05, 3.63) is 45.1 Å². The second kappa shape index (κ2) is 7.85. The van der Waals surface area contributed by atoms with Gasteiger partial charge in [-0.3, -0.25) is 18.7 Å². The summed E-state index contributed by atoms with van der Waals surface area (Å²) in [5.74, 6) is 0.428. The summed E-state index contributed by atoms with van der Waals surface area (Å²) in [6.45, 7) is 0. The van der Waals surface area contributed by atoms with E-state index >= 15 is 0 Å². The predicted molar refractivity (Wildman–Crippen MR) is 105 cm³/mol. The fraction of sp³-hybridized carbons (Fsp3) is 0.278. The van der Waals surface area contributed by atoms with Crippen LogP contribution in [-0.2, 0) is 23.6 Å². The van der Waals surface area contributed by atoms with Crippen molar-refractivity contribution in [2.45, 2.75) is 5.03 Å². The Morgan fingerprint density at radius 2 is 1.89 bits per heavy atom. The zero-order valence-corrected chi connectivity index (χ0v) is 16.6. The summed E-state index contributed by atoms with van der Waals surface area (Å²) in [4.78, 5) is 45.6. The molecule has 10 heteroatoms. The van der Waals surface area contributed by atoms with Crippen molar-refractivity contribution in [2.75, 3.05) is 20.0 Å². The molecule has 2 aromatic heterocycles. The minimum atomic E-state index is -0.525. The summed E-state index contributed by atoms with van der Waals surface area (Å²) in [6, 6.07) is 7.10. The normalized spacial score (nSPS) is 10.9. The second-order valence-electron chi connectivity index (χ2n) is 5.85. The Morgan fingerprint density at radius 1 is 1.14 bits per heavy atom. The second-order valence-corrected chi connectivity index (χ2v) is 6.82. The van der Waals surface area contributed by atoms with Crippen LogP contribution in [-0.4, -0.2) is 45.0 Å². The number of hydrogen-bond acceptors (Lipinski definition) is 8. The van der Waals surface area contributed by atoms with E-state index in [1.165, 1.54) is 25.8 Å². The quantitative estimate of drug-likeness (QED) is 0.353. The minimum Gasteiger partial charge on any atom is -0.497 e. The van der Waals surface area contributed by atoms with Gasteiger partial charge < -0.3 is 9.47 Å². The van der Waals surface area contributed by atoms with E-state index in [0.717, 1.165) is 16.3 Å². The van der Waals surface area contributed by atoms with Crippen LogP contribution in [0.15, 0.2) is 38.9 Å². The fourth-order valence-electron chi connectivity index (χ4n) is 2.61. The fourth-order valence-corrected chi connectivity index (χ4v) is 3.46. The van der Waals surface area contributed by atoms with Gasteiger partial charge in [0.05, 0.1) is 20.0 Å². The average Bonchev–Trinajstić information content (AvgIpc) is 2.73. The van der Waals surface area contributed by atoms with Crippen LogP contribution in [0.5, 0.6) is 5.75 Å². The third-order valence-electron chi connectivity index (χ3n) is 4.15. The standard InChI is InChI=1S/C18H18N4O5S/c1-21-15-13(17(24)22(2)18(21)25)16(28-9-12(23)27-4)20-14(19-15)10-6-5-7-11(8-10)26-3/h5-8H,9H2,1-4H3. The number of carbonyl (C=O) groups is 1. The number of ether oxygens (including phenoxy) is 2. The van der Waals surface area contributed by atoms with Gasteiger partial charge in [-0.15, -0.1) is 0 Å². The molecule has 0 radical (unpaired) electrons.